The van der Waals surface area contributed by atoms with Crippen LogP contribution in [0.4, 0.5) is 13.2 Å². The number of carbonyl (C=O) groups excluding carboxylic acids is 1. The highest BCUT2D eigenvalue weighted by Crippen LogP contribution is 2.45. The molecule has 25 heavy (non-hydrogen) atoms. The van der Waals surface area contributed by atoms with Gasteiger partial charge in [0.05, 0.1) is 11.7 Å². The third-order valence-electron chi connectivity index (χ3n) is 3.70. The van der Waals surface area contributed by atoms with E-state index in [0.717, 1.165) is 0 Å². The van der Waals surface area contributed by atoms with Crippen molar-refractivity contribution in [3.8, 4) is 11.5 Å². The SMILES string of the molecule is CC(C)Oc1ccc2c(c1)O[C@](c1ccccc1)(C(F)(F)F)NC2=O. The third-order valence-corrected chi connectivity index (χ3v) is 3.70. The van der Waals surface area contributed by atoms with E-state index < -0.39 is 17.8 Å². The van der Waals surface area contributed by atoms with E-state index in [4.69, 9.17) is 9.47 Å². The largest absolute Gasteiger partial charge is 0.491 e. The highest BCUT2D eigenvalue weighted by Gasteiger charge is 2.62. The zero-order valence-corrected chi connectivity index (χ0v) is 13.6. The van der Waals surface area contributed by atoms with Gasteiger partial charge in [-0.05, 0) is 26.0 Å². The molecule has 4 nitrogen and oxygen atoms in total. The maximum Gasteiger partial charge on any atom is 0.453 e. The molecule has 0 unspecified atom stereocenters. The van der Waals surface area contributed by atoms with Crippen LogP contribution in [0.2, 0.25) is 0 Å². The Balaban J connectivity index is 2.11. The maximum absolute atomic E-state index is 13.9. The highest BCUT2D eigenvalue weighted by molar-refractivity contribution is 5.98. The number of nitrogens with one attached hydrogen (secondary N) is 1. The van der Waals surface area contributed by atoms with Crippen LogP contribution in [0.15, 0.2) is 48.5 Å². The molecule has 132 valence electrons. The van der Waals surface area contributed by atoms with E-state index in [1.807, 2.05) is 5.32 Å². The quantitative estimate of drug-likeness (QED) is 0.909. The number of ether oxygens (including phenoxy) is 2. The van der Waals surface area contributed by atoms with Crippen LogP contribution in [0.3, 0.4) is 0 Å². The fraction of sp³-hybridized carbons (Fsp3) is 0.278. The second-order valence-corrected chi connectivity index (χ2v) is 5.93. The van der Waals surface area contributed by atoms with E-state index in [0.29, 0.717) is 5.75 Å². The van der Waals surface area contributed by atoms with Gasteiger partial charge in [0.2, 0.25) is 0 Å². The fourth-order valence-corrected chi connectivity index (χ4v) is 2.63. The molecular weight excluding hydrogens is 335 g/mol. The molecule has 1 atom stereocenters. The molecule has 2 aromatic carbocycles. The molecule has 0 aromatic heterocycles. The van der Waals surface area contributed by atoms with Crippen LogP contribution in [0.1, 0.15) is 29.8 Å². The van der Waals surface area contributed by atoms with Crippen molar-refractivity contribution in [1.82, 2.24) is 5.32 Å². The zero-order valence-electron chi connectivity index (χ0n) is 13.6. The van der Waals surface area contributed by atoms with Crippen LogP contribution in [-0.4, -0.2) is 18.2 Å². The lowest BCUT2D eigenvalue weighted by atomic mass is 9.98. The van der Waals surface area contributed by atoms with Gasteiger partial charge in [0, 0.05) is 11.6 Å². The lowest BCUT2D eigenvalue weighted by molar-refractivity contribution is -0.265. The van der Waals surface area contributed by atoms with Gasteiger partial charge in [0.15, 0.2) is 0 Å². The zero-order chi connectivity index (χ0) is 18.2. The molecular formula is C18H16F3NO3. The molecule has 0 saturated carbocycles. The third kappa shape index (κ3) is 3.01. The first-order valence-electron chi connectivity index (χ1n) is 7.67. The summed E-state index contributed by atoms with van der Waals surface area (Å²) in [6.07, 6.45) is -5.03. The molecule has 1 N–H and O–H groups in total. The van der Waals surface area contributed by atoms with Gasteiger partial charge in [-0.3, -0.25) is 4.79 Å². The summed E-state index contributed by atoms with van der Waals surface area (Å²) in [5.41, 5.74) is -3.14. The highest BCUT2D eigenvalue weighted by atomic mass is 19.4. The Morgan fingerprint density at radius 1 is 1.12 bits per heavy atom. The number of halogens is 3. The summed E-state index contributed by atoms with van der Waals surface area (Å²) in [5, 5.41) is 1.98. The van der Waals surface area contributed by atoms with E-state index >= 15 is 0 Å². The summed E-state index contributed by atoms with van der Waals surface area (Å²) in [7, 11) is 0. The molecule has 3 rings (SSSR count). The summed E-state index contributed by atoms with van der Waals surface area (Å²) in [4.78, 5) is 12.3. The Labute approximate surface area is 142 Å². The van der Waals surface area contributed by atoms with Crippen LogP contribution >= 0.6 is 0 Å². The molecule has 7 heteroatoms. The summed E-state index contributed by atoms with van der Waals surface area (Å²) in [6.45, 7) is 3.58. The van der Waals surface area contributed by atoms with Crippen molar-refractivity contribution in [2.75, 3.05) is 0 Å². The molecule has 0 radical (unpaired) electrons. The average Bonchev–Trinajstić information content (AvgIpc) is 2.53. The Morgan fingerprint density at radius 2 is 1.80 bits per heavy atom. The van der Waals surface area contributed by atoms with Crippen LogP contribution in [0.5, 0.6) is 11.5 Å². The first-order chi connectivity index (χ1) is 11.7. The van der Waals surface area contributed by atoms with Gasteiger partial charge in [-0.25, -0.2) is 0 Å². The van der Waals surface area contributed by atoms with Crippen LogP contribution in [-0.2, 0) is 5.72 Å². The van der Waals surface area contributed by atoms with Gasteiger partial charge in [0.1, 0.15) is 11.5 Å². The number of rotatable bonds is 3. The van der Waals surface area contributed by atoms with Crippen molar-refractivity contribution in [1.29, 1.82) is 0 Å². The number of hydrogen-bond acceptors (Lipinski definition) is 3. The van der Waals surface area contributed by atoms with Gasteiger partial charge >= 0.3 is 11.9 Å². The van der Waals surface area contributed by atoms with Crippen molar-refractivity contribution in [3.05, 3.63) is 59.7 Å². The smallest absolute Gasteiger partial charge is 0.453 e. The monoisotopic (exact) mass is 351 g/mol. The Morgan fingerprint density at radius 3 is 2.40 bits per heavy atom. The summed E-state index contributed by atoms with van der Waals surface area (Å²) < 4.78 is 52.5. The van der Waals surface area contributed by atoms with Crippen molar-refractivity contribution in [2.24, 2.45) is 0 Å². The molecule has 0 spiro atoms. The van der Waals surface area contributed by atoms with Gasteiger partial charge in [-0.1, -0.05) is 30.3 Å². The molecule has 0 aliphatic carbocycles. The number of amides is 1. The summed E-state index contributed by atoms with van der Waals surface area (Å²) in [5.74, 6) is -0.714. The second-order valence-electron chi connectivity index (χ2n) is 5.93. The van der Waals surface area contributed by atoms with E-state index in [9.17, 15) is 18.0 Å². The standard InChI is InChI=1S/C18H16F3NO3/c1-11(2)24-13-8-9-14-15(10-13)25-17(18(19,20)21,22-16(14)23)12-6-4-3-5-7-12/h3-11H,1-2H3,(H,22,23)/t17-/m1/s1. The van der Waals surface area contributed by atoms with E-state index in [1.54, 1.807) is 19.9 Å². The van der Waals surface area contributed by atoms with Crippen LogP contribution in [0, 0.1) is 0 Å². The van der Waals surface area contributed by atoms with Crippen molar-refractivity contribution >= 4 is 5.91 Å². The van der Waals surface area contributed by atoms with Crippen molar-refractivity contribution in [2.45, 2.75) is 31.9 Å². The molecule has 1 heterocycles. The Hall–Kier alpha value is -2.70. The molecule has 1 aliphatic heterocycles. The lowest BCUT2D eigenvalue weighted by Gasteiger charge is -2.40. The number of benzene rings is 2. The summed E-state index contributed by atoms with van der Waals surface area (Å²) in [6, 6.07) is 11.2. The van der Waals surface area contributed by atoms with E-state index in [2.05, 4.69) is 0 Å². The summed E-state index contributed by atoms with van der Waals surface area (Å²) >= 11 is 0. The molecule has 0 fully saturated rings. The first-order valence-corrected chi connectivity index (χ1v) is 7.67. The molecule has 1 aliphatic rings. The predicted octanol–water partition coefficient (Wildman–Crippen LogP) is 4.01. The predicted molar refractivity (Wildman–Crippen MR) is 84.5 cm³/mol. The van der Waals surface area contributed by atoms with Crippen LogP contribution < -0.4 is 14.8 Å². The molecule has 2 aromatic rings. The number of fused-ring (bicyclic) bond motifs is 1. The lowest BCUT2D eigenvalue weighted by Crippen LogP contribution is -2.62. The van der Waals surface area contributed by atoms with Crippen LogP contribution in [0.25, 0.3) is 0 Å². The minimum atomic E-state index is -4.86. The Bertz CT molecular complexity index is 790. The number of alkyl halides is 3. The number of carbonyl (C=O) groups is 1. The van der Waals surface area contributed by atoms with Gasteiger partial charge < -0.3 is 14.8 Å². The average molecular weight is 351 g/mol. The molecule has 0 bridgehead atoms. The minimum Gasteiger partial charge on any atom is -0.491 e. The Kier molecular flexibility index (Phi) is 4.10. The van der Waals surface area contributed by atoms with Crippen molar-refractivity contribution in [3.63, 3.8) is 0 Å². The molecule has 0 saturated heterocycles. The van der Waals surface area contributed by atoms with Gasteiger partial charge in [-0.15, -0.1) is 0 Å². The van der Waals surface area contributed by atoms with Gasteiger partial charge in [0.25, 0.3) is 5.91 Å². The van der Waals surface area contributed by atoms with Gasteiger partial charge in [-0.2, -0.15) is 13.2 Å². The minimum absolute atomic E-state index is 0.0203. The van der Waals surface area contributed by atoms with Crippen molar-refractivity contribution < 1.29 is 27.4 Å². The number of hydrogen-bond donors (Lipinski definition) is 1. The second kappa shape index (κ2) is 5.98. The normalized spacial score (nSPS) is 19.8. The molecule has 1 amide bonds. The first kappa shape index (κ1) is 17.1. The van der Waals surface area contributed by atoms with E-state index in [-0.39, 0.29) is 23.0 Å². The maximum atomic E-state index is 13.9. The van der Waals surface area contributed by atoms with E-state index in [1.165, 1.54) is 42.5 Å². The fourth-order valence-electron chi connectivity index (χ4n) is 2.63. The topological polar surface area (TPSA) is 47.6 Å².